The molecule has 0 unspecified atom stereocenters. The number of aryl methyl sites for hydroxylation is 1. The van der Waals surface area contributed by atoms with E-state index in [0.29, 0.717) is 34.6 Å². The molecule has 5 nitrogen and oxygen atoms in total. The molecule has 0 atom stereocenters. The Labute approximate surface area is 164 Å². The van der Waals surface area contributed by atoms with Crippen molar-refractivity contribution in [3.05, 3.63) is 58.7 Å². The van der Waals surface area contributed by atoms with Crippen molar-refractivity contribution in [3.8, 4) is 5.75 Å². The third kappa shape index (κ3) is 3.59. The summed E-state index contributed by atoms with van der Waals surface area (Å²) in [7, 11) is 4.81. The second kappa shape index (κ2) is 7.26. The minimum Gasteiger partial charge on any atom is -0.496 e. The second-order valence-electron chi connectivity index (χ2n) is 7.85. The lowest BCUT2D eigenvalue weighted by Crippen LogP contribution is -2.14. The summed E-state index contributed by atoms with van der Waals surface area (Å²) in [6.45, 7) is 6.07. The van der Waals surface area contributed by atoms with Crippen LogP contribution in [0.1, 0.15) is 48.1 Å². The van der Waals surface area contributed by atoms with Crippen LogP contribution in [0.3, 0.4) is 0 Å². The van der Waals surface area contributed by atoms with Crippen molar-refractivity contribution >= 4 is 17.0 Å². The van der Waals surface area contributed by atoms with Gasteiger partial charge in [0.1, 0.15) is 17.4 Å². The third-order valence-electron chi connectivity index (χ3n) is 4.92. The summed E-state index contributed by atoms with van der Waals surface area (Å²) < 4.78 is 27.0. The summed E-state index contributed by atoms with van der Waals surface area (Å²) in [5.74, 6) is 0.660. The number of carbonyl (C=O) groups excluding carboxylic acids is 1. The summed E-state index contributed by atoms with van der Waals surface area (Å²) in [4.78, 5) is 16.3. The first-order valence-corrected chi connectivity index (χ1v) is 9.06. The van der Waals surface area contributed by atoms with E-state index in [1.165, 1.54) is 7.11 Å². The van der Waals surface area contributed by atoms with Crippen LogP contribution in [0.15, 0.2) is 30.3 Å². The molecule has 0 saturated carbocycles. The molecule has 0 radical (unpaired) electrons. The van der Waals surface area contributed by atoms with Gasteiger partial charge in [-0.3, -0.25) is 0 Å². The van der Waals surface area contributed by atoms with Gasteiger partial charge < -0.3 is 14.0 Å². The maximum Gasteiger partial charge on any atom is 0.337 e. The predicted octanol–water partition coefficient (Wildman–Crippen LogP) is 4.40. The minimum atomic E-state index is -0.414. The summed E-state index contributed by atoms with van der Waals surface area (Å²) in [5, 5.41) is 0. The fraction of sp³-hybridized carbons (Fsp3) is 0.364. The van der Waals surface area contributed by atoms with Crippen molar-refractivity contribution in [1.29, 1.82) is 0 Å². The lowest BCUT2D eigenvalue weighted by Gasteiger charge is -2.23. The van der Waals surface area contributed by atoms with Crippen molar-refractivity contribution in [3.63, 3.8) is 0 Å². The first-order valence-electron chi connectivity index (χ1n) is 9.06. The Morgan fingerprint density at radius 2 is 1.89 bits per heavy atom. The number of fused-ring (bicyclic) bond motifs is 1. The maximum absolute atomic E-state index is 14.8. The van der Waals surface area contributed by atoms with E-state index in [0.717, 1.165) is 11.1 Å². The standard InChI is InChI=1S/C22H25FN2O3/c1-22(2,3)15-12-16(23)14(10-19(15)27-5)11-20-24-17-9-13(21(26)28-6)7-8-18(17)25(20)4/h7-10,12H,11H2,1-6H3. The Morgan fingerprint density at radius 3 is 2.50 bits per heavy atom. The van der Waals surface area contributed by atoms with Crippen molar-refractivity contribution in [2.24, 2.45) is 7.05 Å². The highest BCUT2D eigenvalue weighted by Gasteiger charge is 2.22. The summed E-state index contributed by atoms with van der Waals surface area (Å²) >= 11 is 0. The molecule has 0 fully saturated rings. The van der Waals surface area contributed by atoms with E-state index in [9.17, 15) is 9.18 Å². The zero-order valence-electron chi connectivity index (χ0n) is 17.1. The molecule has 0 saturated heterocycles. The normalized spacial score (nSPS) is 11.7. The van der Waals surface area contributed by atoms with Gasteiger partial charge in [-0.05, 0) is 41.3 Å². The van der Waals surface area contributed by atoms with Gasteiger partial charge in [-0.2, -0.15) is 0 Å². The number of halogens is 1. The monoisotopic (exact) mass is 384 g/mol. The molecule has 0 amide bonds. The van der Waals surface area contributed by atoms with Crippen molar-refractivity contribution in [2.45, 2.75) is 32.6 Å². The molecule has 28 heavy (non-hydrogen) atoms. The molecule has 148 valence electrons. The average Bonchev–Trinajstić information content (AvgIpc) is 2.96. The lowest BCUT2D eigenvalue weighted by atomic mass is 9.85. The minimum absolute atomic E-state index is 0.229. The number of hydrogen-bond acceptors (Lipinski definition) is 4. The number of imidazole rings is 1. The van der Waals surface area contributed by atoms with Gasteiger partial charge in [-0.25, -0.2) is 14.2 Å². The molecule has 1 aromatic heterocycles. The Kier molecular flexibility index (Phi) is 5.15. The highest BCUT2D eigenvalue weighted by atomic mass is 19.1. The smallest absolute Gasteiger partial charge is 0.337 e. The Bertz CT molecular complexity index is 1050. The van der Waals surface area contributed by atoms with E-state index >= 15 is 0 Å². The number of carbonyl (C=O) groups is 1. The number of methoxy groups -OCH3 is 2. The van der Waals surface area contributed by atoms with E-state index in [1.54, 1.807) is 31.4 Å². The highest BCUT2D eigenvalue weighted by molar-refractivity contribution is 5.93. The van der Waals surface area contributed by atoms with Crippen LogP contribution in [-0.2, 0) is 23.6 Å². The number of hydrogen-bond donors (Lipinski definition) is 0. The molecular formula is C22H25FN2O3. The molecule has 0 aliphatic carbocycles. The number of ether oxygens (including phenoxy) is 2. The molecule has 6 heteroatoms. The molecule has 3 rings (SSSR count). The van der Waals surface area contributed by atoms with Gasteiger partial charge in [0, 0.05) is 19.0 Å². The lowest BCUT2D eigenvalue weighted by molar-refractivity contribution is 0.0601. The fourth-order valence-corrected chi connectivity index (χ4v) is 3.31. The first kappa shape index (κ1) is 19.9. The van der Waals surface area contributed by atoms with E-state index in [1.807, 2.05) is 38.5 Å². The van der Waals surface area contributed by atoms with E-state index in [2.05, 4.69) is 4.98 Å². The Balaban J connectivity index is 2.03. The van der Waals surface area contributed by atoms with Gasteiger partial charge in [0.25, 0.3) is 0 Å². The topological polar surface area (TPSA) is 53.4 Å². The zero-order chi connectivity index (χ0) is 20.6. The third-order valence-corrected chi connectivity index (χ3v) is 4.92. The van der Waals surface area contributed by atoms with Gasteiger partial charge in [0.15, 0.2) is 0 Å². The largest absolute Gasteiger partial charge is 0.496 e. The summed E-state index contributed by atoms with van der Waals surface area (Å²) in [6, 6.07) is 8.49. The van der Waals surface area contributed by atoms with Crippen LogP contribution in [0.25, 0.3) is 11.0 Å². The first-order chi connectivity index (χ1) is 13.2. The van der Waals surface area contributed by atoms with Crippen LogP contribution in [-0.4, -0.2) is 29.7 Å². The molecule has 0 bridgehead atoms. The molecule has 0 aliphatic rings. The second-order valence-corrected chi connectivity index (χ2v) is 7.85. The zero-order valence-corrected chi connectivity index (χ0v) is 17.1. The molecule has 0 spiro atoms. The number of aromatic nitrogens is 2. The number of esters is 1. The average molecular weight is 384 g/mol. The predicted molar refractivity (Wildman–Crippen MR) is 107 cm³/mol. The van der Waals surface area contributed by atoms with Crippen LogP contribution in [0.5, 0.6) is 5.75 Å². The van der Waals surface area contributed by atoms with E-state index < -0.39 is 5.97 Å². The molecule has 2 aromatic carbocycles. The van der Waals surface area contributed by atoms with Crippen LogP contribution in [0.4, 0.5) is 4.39 Å². The SMILES string of the molecule is COC(=O)c1ccc2c(c1)nc(Cc1cc(OC)c(C(C)(C)C)cc1F)n2C. The summed E-state index contributed by atoms with van der Waals surface area (Å²) in [6.07, 6.45) is 0.311. The van der Waals surface area contributed by atoms with Crippen LogP contribution >= 0.6 is 0 Å². The molecule has 0 aliphatic heterocycles. The summed E-state index contributed by atoms with van der Waals surface area (Å²) in [5.41, 5.74) is 3.07. The van der Waals surface area contributed by atoms with Gasteiger partial charge in [-0.15, -0.1) is 0 Å². The molecular weight excluding hydrogens is 359 g/mol. The van der Waals surface area contributed by atoms with Gasteiger partial charge >= 0.3 is 5.97 Å². The number of benzene rings is 2. The van der Waals surface area contributed by atoms with E-state index in [4.69, 9.17) is 9.47 Å². The van der Waals surface area contributed by atoms with Crippen LogP contribution in [0, 0.1) is 5.82 Å². The Hall–Kier alpha value is -2.89. The Morgan fingerprint density at radius 1 is 1.18 bits per heavy atom. The van der Waals surface area contributed by atoms with Gasteiger partial charge in [-0.1, -0.05) is 20.8 Å². The van der Waals surface area contributed by atoms with Crippen molar-refractivity contribution in [1.82, 2.24) is 9.55 Å². The number of nitrogens with zero attached hydrogens (tertiary/aromatic N) is 2. The molecule has 3 aromatic rings. The quantitative estimate of drug-likeness (QED) is 0.626. The van der Waals surface area contributed by atoms with Crippen LogP contribution < -0.4 is 4.74 Å². The number of rotatable bonds is 4. The molecule has 1 heterocycles. The van der Waals surface area contributed by atoms with Crippen molar-refractivity contribution < 1.29 is 18.7 Å². The highest BCUT2D eigenvalue weighted by Crippen LogP contribution is 2.34. The van der Waals surface area contributed by atoms with Crippen LogP contribution in [0.2, 0.25) is 0 Å². The van der Waals surface area contributed by atoms with Crippen molar-refractivity contribution in [2.75, 3.05) is 14.2 Å². The van der Waals surface area contributed by atoms with Gasteiger partial charge in [0.2, 0.25) is 0 Å². The fourth-order valence-electron chi connectivity index (χ4n) is 3.31. The van der Waals surface area contributed by atoms with E-state index in [-0.39, 0.29) is 11.2 Å². The van der Waals surface area contributed by atoms with Gasteiger partial charge in [0.05, 0.1) is 30.8 Å². The maximum atomic E-state index is 14.8. The molecule has 0 N–H and O–H groups in total.